The molecule has 0 spiro atoms. The van der Waals surface area contributed by atoms with E-state index in [-0.39, 0.29) is 9.92 Å². The van der Waals surface area contributed by atoms with E-state index in [1.807, 2.05) is 12.1 Å². The van der Waals surface area contributed by atoms with E-state index in [0.29, 0.717) is 22.3 Å². The molecule has 1 N–H and O–H groups in total. The fourth-order valence-electron chi connectivity index (χ4n) is 2.97. The number of benzene rings is 3. The minimum absolute atomic E-state index is 0.102. The smallest absolute Gasteiger partial charge is 0.264 e. The van der Waals surface area contributed by atoms with Gasteiger partial charge < -0.3 is 5.32 Å². The molecule has 0 aliphatic carbocycles. The van der Waals surface area contributed by atoms with Gasteiger partial charge in [0, 0.05) is 5.69 Å². The Kier molecular flexibility index (Phi) is 7.26. The van der Waals surface area contributed by atoms with Crippen LogP contribution in [0.1, 0.15) is 25.3 Å². The molecule has 0 radical (unpaired) electrons. The molecule has 0 heterocycles. The molecular weight excluding hydrogens is 455 g/mol. The molecule has 0 fully saturated rings. The van der Waals surface area contributed by atoms with Gasteiger partial charge in [0.1, 0.15) is 6.54 Å². The summed E-state index contributed by atoms with van der Waals surface area (Å²) >= 11 is 11.9. The van der Waals surface area contributed by atoms with E-state index in [4.69, 9.17) is 23.2 Å². The minimum Gasteiger partial charge on any atom is -0.324 e. The van der Waals surface area contributed by atoms with Crippen molar-refractivity contribution in [3.63, 3.8) is 0 Å². The number of carbonyl (C=O) groups is 1. The van der Waals surface area contributed by atoms with Crippen LogP contribution in [0.5, 0.6) is 0 Å². The number of sulfonamides is 1. The largest absolute Gasteiger partial charge is 0.324 e. The predicted molar refractivity (Wildman–Crippen MR) is 127 cm³/mol. The number of nitrogens with one attached hydrogen (secondary N) is 1. The standard InChI is InChI=1S/C23H22Cl2N2O3S/c1-16(2)17-8-11-19(12-9-17)27(31(29,30)20-6-4-3-5-7-20)15-23(28)26-18-10-13-21(24)22(25)14-18/h3-14,16H,15H2,1-2H3,(H,26,28). The summed E-state index contributed by atoms with van der Waals surface area (Å²) in [7, 11) is -3.96. The van der Waals surface area contributed by atoms with Crippen molar-refractivity contribution < 1.29 is 13.2 Å². The maximum Gasteiger partial charge on any atom is 0.264 e. The molecule has 5 nitrogen and oxygen atoms in total. The van der Waals surface area contributed by atoms with Crippen LogP contribution >= 0.6 is 23.2 Å². The van der Waals surface area contributed by atoms with E-state index in [1.165, 1.54) is 18.2 Å². The molecule has 3 aromatic carbocycles. The summed E-state index contributed by atoms with van der Waals surface area (Å²) in [5, 5.41) is 3.32. The zero-order valence-electron chi connectivity index (χ0n) is 17.0. The second-order valence-electron chi connectivity index (χ2n) is 7.25. The van der Waals surface area contributed by atoms with Crippen LogP contribution in [0, 0.1) is 0 Å². The lowest BCUT2D eigenvalue weighted by Crippen LogP contribution is -2.38. The second-order valence-corrected chi connectivity index (χ2v) is 9.92. The van der Waals surface area contributed by atoms with Gasteiger partial charge in [-0.25, -0.2) is 8.42 Å². The van der Waals surface area contributed by atoms with Crippen molar-refractivity contribution in [2.24, 2.45) is 0 Å². The molecule has 162 valence electrons. The highest BCUT2D eigenvalue weighted by Gasteiger charge is 2.27. The number of hydrogen-bond acceptors (Lipinski definition) is 3. The summed E-state index contributed by atoms with van der Waals surface area (Å²) < 4.78 is 27.8. The fourth-order valence-corrected chi connectivity index (χ4v) is 4.71. The Morgan fingerprint density at radius 1 is 0.935 bits per heavy atom. The quantitative estimate of drug-likeness (QED) is 0.457. The van der Waals surface area contributed by atoms with Gasteiger partial charge in [0.05, 0.1) is 20.6 Å². The van der Waals surface area contributed by atoms with E-state index in [9.17, 15) is 13.2 Å². The van der Waals surface area contributed by atoms with Crippen LogP contribution in [0.3, 0.4) is 0 Å². The summed E-state index contributed by atoms with van der Waals surface area (Å²) in [6.45, 7) is 3.70. The van der Waals surface area contributed by atoms with Crippen molar-refractivity contribution in [2.45, 2.75) is 24.7 Å². The van der Waals surface area contributed by atoms with Gasteiger partial charge in [0.2, 0.25) is 5.91 Å². The molecule has 0 aliphatic heterocycles. The maximum absolute atomic E-state index is 13.3. The number of halogens is 2. The zero-order valence-corrected chi connectivity index (χ0v) is 19.4. The summed E-state index contributed by atoms with van der Waals surface area (Å²) in [6.07, 6.45) is 0. The van der Waals surface area contributed by atoms with Gasteiger partial charge in [-0.3, -0.25) is 9.10 Å². The van der Waals surface area contributed by atoms with Gasteiger partial charge in [-0.15, -0.1) is 0 Å². The monoisotopic (exact) mass is 476 g/mol. The zero-order chi connectivity index (χ0) is 22.6. The molecule has 0 unspecified atom stereocenters. The first-order chi connectivity index (χ1) is 14.7. The van der Waals surface area contributed by atoms with Crippen LogP contribution in [0.2, 0.25) is 10.0 Å². The number of nitrogens with zero attached hydrogens (tertiary/aromatic N) is 1. The van der Waals surface area contributed by atoms with Crippen LogP contribution in [-0.2, 0) is 14.8 Å². The van der Waals surface area contributed by atoms with Gasteiger partial charge in [-0.2, -0.15) is 0 Å². The Labute approximate surface area is 192 Å². The van der Waals surface area contributed by atoms with Crippen molar-refractivity contribution in [1.29, 1.82) is 0 Å². The van der Waals surface area contributed by atoms with E-state index < -0.39 is 22.5 Å². The van der Waals surface area contributed by atoms with E-state index in [2.05, 4.69) is 19.2 Å². The third kappa shape index (κ3) is 5.58. The number of carbonyl (C=O) groups excluding carboxylic acids is 1. The fraction of sp³-hybridized carbons (Fsp3) is 0.174. The summed E-state index contributed by atoms with van der Waals surface area (Å²) in [5.74, 6) is -0.211. The number of rotatable bonds is 7. The van der Waals surface area contributed by atoms with Gasteiger partial charge in [0.25, 0.3) is 10.0 Å². The Balaban J connectivity index is 1.93. The molecule has 1 amide bonds. The molecule has 3 rings (SSSR count). The van der Waals surface area contributed by atoms with E-state index >= 15 is 0 Å². The highest BCUT2D eigenvalue weighted by atomic mass is 35.5. The van der Waals surface area contributed by atoms with Crippen LogP contribution in [0.4, 0.5) is 11.4 Å². The highest BCUT2D eigenvalue weighted by molar-refractivity contribution is 7.92. The Hall–Kier alpha value is -2.54. The number of amides is 1. The molecule has 0 saturated carbocycles. The number of hydrogen-bond donors (Lipinski definition) is 1. The normalized spacial score (nSPS) is 11.4. The molecule has 0 aromatic heterocycles. The third-order valence-corrected chi connectivity index (χ3v) is 7.20. The van der Waals surface area contributed by atoms with Crippen molar-refractivity contribution in [2.75, 3.05) is 16.2 Å². The first-order valence-electron chi connectivity index (χ1n) is 9.61. The lowest BCUT2D eigenvalue weighted by Gasteiger charge is -2.24. The highest BCUT2D eigenvalue weighted by Crippen LogP contribution is 2.27. The molecule has 3 aromatic rings. The molecule has 31 heavy (non-hydrogen) atoms. The van der Waals surface area contributed by atoms with Gasteiger partial charge in [-0.1, -0.05) is 67.4 Å². The molecule has 0 atom stereocenters. The maximum atomic E-state index is 13.3. The summed E-state index contributed by atoms with van der Waals surface area (Å²) in [6, 6.07) is 19.8. The topological polar surface area (TPSA) is 66.5 Å². The third-order valence-electron chi connectivity index (χ3n) is 4.67. The summed E-state index contributed by atoms with van der Waals surface area (Å²) in [5.41, 5.74) is 1.89. The average Bonchev–Trinajstić information content (AvgIpc) is 2.75. The molecule has 0 bridgehead atoms. The Morgan fingerprint density at radius 3 is 2.16 bits per heavy atom. The van der Waals surface area contributed by atoms with Crippen LogP contribution in [0.25, 0.3) is 0 Å². The molecule has 0 saturated heterocycles. The van der Waals surface area contributed by atoms with Gasteiger partial charge in [-0.05, 0) is 53.9 Å². The second kappa shape index (κ2) is 9.73. The minimum atomic E-state index is -3.96. The van der Waals surface area contributed by atoms with Gasteiger partial charge >= 0.3 is 0 Å². The SMILES string of the molecule is CC(C)c1ccc(N(CC(=O)Nc2ccc(Cl)c(Cl)c2)S(=O)(=O)c2ccccc2)cc1. The lowest BCUT2D eigenvalue weighted by molar-refractivity contribution is -0.114. The van der Waals surface area contributed by atoms with Crippen LogP contribution < -0.4 is 9.62 Å². The first-order valence-corrected chi connectivity index (χ1v) is 11.8. The number of anilines is 2. The summed E-state index contributed by atoms with van der Waals surface area (Å²) in [4.78, 5) is 12.9. The molecule has 8 heteroatoms. The Morgan fingerprint density at radius 2 is 1.58 bits per heavy atom. The van der Waals surface area contributed by atoms with Crippen molar-refractivity contribution in [1.82, 2.24) is 0 Å². The lowest BCUT2D eigenvalue weighted by atomic mass is 10.0. The average molecular weight is 477 g/mol. The van der Waals surface area contributed by atoms with Crippen molar-refractivity contribution >= 4 is 50.5 Å². The van der Waals surface area contributed by atoms with E-state index in [1.54, 1.807) is 42.5 Å². The Bertz CT molecular complexity index is 1170. The molecule has 0 aliphatic rings. The first kappa shape index (κ1) is 23.1. The van der Waals surface area contributed by atoms with Crippen molar-refractivity contribution in [3.05, 3.63) is 88.4 Å². The van der Waals surface area contributed by atoms with Crippen molar-refractivity contribution in [3.8, 4) is 0 Å². The van der Waals surface area contributed by atoms with Gasteiger partial charge in [0.15, 0.2) is 0 Å². The van der Waals surface area contributed by atoms with Crippen LogP contribution in [-0.4, -0.2) is 20.9 Å². The van der Waals surface area contributed by atoms with Crippen LogP contribution in [0.15, 0.2) is 77.7 Å². The predicted octanol–water partition coefficient (Wildman–Crippen LogP) is 5.95. The van der Waals surface area contributed by atoms with E-state index in [0.717, 1.165) is 9.87 Å². The molecular formula is C23H22Cl2N2O3S.